The van der Waals surface area contributed by atoms with Crippen molar-refractivity contribution in [3.05, 3.63) is 35.4 Å². The number of halogens is 2. The van der Waals surface area contributed by atoms with E-state index in [9.17, 15) is 18.4 Å². The van der Waals surface area contributed by atoms with Crippen molar-refractivity contribution in [2.24, 2.45) is 0 Å². The molecule has 1 atom stereocenters. The van der Waals surface area contributed by atoms with Crippen LogP contribution in [-0.2, 0) is 4.79 Å². The molecule has 0 aliphatic carbocycles. The van der Waals surface area contributed by atoms with Crippen LogP contribution in [0.25, 0.3) is 0 Å². The molecule has 0 aromatic heterocycles. The lowest BCUT2D eigenvalue weighted by molar-refractivity contribution is -0.134. The fourth-order valence-corrected chi connectivity index (χ4v) is 3.08. The van der Waals surface area contributed by atoms with Crippen LogP contribution in [0.5, 0.6) is 0 Å². The zero-order valence-electron chi connectivity index (χ0n) is 12.7. The smallest absolute Gasteiger partial charge is 0.256 e. The fraction of sp³-hybridized carbons (Fsp3) is 0.500. The second kappa shape index (κ2) is 6.62. The third kappa shape index (κ3) is 3.34. The molecular formula is C16H19F2N3O2. The molecule has 2 heterocycles. The predicted molar refractivity (Wildman–Crippen MR) is 79.9 cm³/mol. The van der Waals surface area contributed by atoms with E-state index in [4.69, 9.17) is 0 Å². The average Bonchev–Trinajstić information content (AvgIpc) is 3.08. The summed E-state index contributed by atoms with van der Waals surface area (Å²) in [4.78, 5) is 27.9. The van der Waals surface area contributed by atoms with Gasteiger partial charge in [-0.25, -0.2) is 8.78 Å². The van der Waals surface area contributed by atoms with Crippen molar-refractivity contribution < 1.29 is 18.4 Å². The van der Waals surface area contributed by atoms with Gasteiger partial charge in [-0.2, -0.15) is 0 Å². The lowest BCUT2D eigenvalue weighted by Crippen LogP contribution is -2.54. The van der Waals surface area contributed by atoms with Crippen LogP contribution in [0.2, 0.25) is 0 Å². The summed E-state index contributed by atoms with van der Waals surface area (Å²) in [5.74, 6) is -1.96. The van der Waals surface area contributed by atoms with Gasteiger partial charge >= 0.3 is 0 Å². The summed E-state index contributed by atoms with van der Waals surface area (Å²) in [7, 11) is 0. The maximum atomic E-state index is 13.7. The lowest BCUT2D eigenvalue weighted by Gasteiger charge is -2.36. The standard InChI is InChI=1S/C16H19F2N3O2/c17-11-3-4-12(13(18)10-11)15(22)20-6-8-21(9-7-20)16(23)14-2-1-5-19-14/h3-4,10,14,19H,1-2,5-9H2. The van der Waals surface area contributed by atoms with Gasteiger partial charge in [0.05, 0.1) is 11.6 Å². The molecule has 2 aliphatic heterocycles. The van der Waals surface area contributed by atoms with Crippen molar-refractivity contribution in [2.75, 3.05) is 32.7 Å². The zero-order chi connectivity index (χ0) is 16.4. The van der Waals surface area contributed by atoms with Crippen molar-refractivity contribution in [1.82, 2.24) is 15.1 Å². The van der Waals surface area contributed by atoms with Crippen LogP contribution in [0.3, 0.4) is 0 Å². The van der Waals surface area contributed by atoms with E-state index in [1.54, 1.807) is 4.90 Å². The average molecular weight is 323 g/mol. The highest BCUT2D eigenvalue weighted by Crippen LogP contribution is 2.15. The van der Waals surface area contributed by atoms with E-state index in [1.807, 2.05) is 0 Å². The van der Waals surface area contributed by atoms with Crippen LogP contribution in [0.1, 0.15) is 23.2 Å². The number of hydrogen-bond donors (Lipinski definition) is 1. The molecule has 1 aromatic rings. The quantitative estimate of drug-likeness (QED) is 0.883. The van der Waals surface area contributed by atoms with Gasteiger partial charge in [0.25, 0.3) is 5.91 Å². The number of nitrogens with one attached hydrogen (secondary N) is 1. The van der Waals surface area contributed by atoms with Crippen molar-refractivity contribution in [1.29, 1.82) is 0 Å². The molecule has 1 aromatic carbocycles. The first kappa shape index (κ1) is 15.9. The molecule has 0 spiro atoms. The first-order chi connectivity index (χ1) is 11.1. The summed E-state index contributed by atoms with van der Waals surface area (Å²) in [5.41, 5.74) is -0.136. The van der Waals surface area contributed by atoms with E-state index in [-0.39, 0.29) is 17.5 Å². The van der Waals surface area contributed by atoms with Crippen molar-refractivity contribution >= 4 is 11.8 Å². The summed E-state index contributed by atoms with van der Waals surface area (Å²) in [5, 5.41) is 3.17. The third-order valence-corrected chi connectivity index (χ3v) is 4.40. The SMILES string of the molecule is O=C(c1ccc(F)cc1F)N1CCN(C(=O)C2CCCN2)CC1. The summed E-state index contributed by atoms with van der Waals surface area (Å²) < 4.78 is 26.6. The Morgan fingerprint density at radius 3 is 2.39 bits per heavy atom. The predicted octanol–water partition coefficient (Wildman–Crippen LogP) is 1.00. The summed E-state index contributed by atoms with van der Waals surface area (Å²) in [6.07, 6.45) is 1.84. The van der Waals surface area contributed by atoms with Gasteiger partial charge in [0, 0.05) is 32.2 Å². The van der Waals surface area contributed by atoms with E-state index in [2.05, 4.69) is 5.32 Å². The molecule has 5 nitrogen and oxygen atoms in total. The van der Waals surface area contributed by atoms with Gasteiger partial charge in [-0.15, -0.1) is 0 Å². The maximum absolute atomic E-state index is 13.7. The van der Waals surface area contributed by atoms with Gasteiger partial charge in [-0.3, -0.25) is 9.59 Å². The normalized spacial score (nSPS) is 21.6. The minimum atomic E-state index is -0.858. The van der Waals surface area contributed by atoms with Crippen molar-refractivity contribution in [3.63, 3.8) is 0 Å². The van der Waals surface area contributed by atoms with E-state index in [1.165, 1.54) is 4.90 Å². The molecule has 0 saturated carbocycles. The Kier molecular flexibility index (Phi) is 4.56. The Balaban J connectivity index is 1.60. The van der Waals surface area contributed by atoms with Crippen LogP contribution in [0.15, 0.2) is 18.2 Å². The molecule has 2 amide bonds. The highest BCUT2D eigenvalue weighted by atomic mass is 19.1. The maximum Gasteiger partial charge on any atom is 0.256 e. The molecule has 0 bridgehead atoms. The number of hydrogen-bond acceptors (Lipinski definition) is 3. The molecule has 124 valence electrons. The number of rotatable bonds is 2. The number of carbonyl (C=O) groups excluding carboxylic acids is 2. The molecule has 2 fully saturated rings. The number of benzene rings is 1. The third-order valence-electron chi connectivity index (χ3n) is 4.40. The van der Waals surface area contributed by atoms with E-state index in [0.717, 1.165) is 31.5 Å². The summed E-state index contributed by atoms with van der Waals surface area (Å²) in [6.45, 7) is 2.44. The first-order valence-corrected chi connectivity index (χ1v) is 7.83. The molecule has 3 rings (SSSR count). The zero-order valence-corrected chi connectivity index (χ0v) is 12.7. The molecule has 2 aliphatic rings. The minimum Gasteiger partial charge on any atom is -0.338 e. The Morgan fingerprint density at radius 1 is 1.09 bits per heavy atom. The Hall–Kier alpha value is -2.02. The summed E-state index contributed by atoms with van der Waals surface area (Å²) >= 11 is 0. The molecular weight excluding hydrogens is 304 g/mol. The van der Waals surface area contributed by atoms with E-state index in [0.29, 0.717) is 32.2 Å². The lowest BCUT2D eigenvalue weighted by atomic mass is 10.1. The van der Waals surface area contributed by atoms with E-state index < -0.39 is 17.5 Å². The van der Waals surface area contributed by atoms with Gasteiger partial charge in [-0.1, -0.05) is 0 Å². The summed E-state index contributed by atoms with van der Waals surface area (Å²) in [6, 6.07) is 2.82. The van der Waals surface area contributed by atoms with Crippen LogP contribution in [0, 0.1) is 11.6 Å². The van der Waals surface area contributed by atoms with Crippen LogP contribution in [-0.4, -0.2) is 60.4 Å². The molecule has 1 unspecified atom stereocenters. The van der Waals surface area contributed by atoms with Gasteiger partial charge in [0.15, 0.2) is 0 Å². The monoisotopic (exact) mass is 323 g/mol. The second-order valence-corrected chi connectivity index (χ2v) is 5.89. The molecule has 0 radical (unpaired) electrons. The van der Waals surface area contributed by atoms with Crippen molar-refractivity contribution in [2.45, 2.75) is 18.9 Å². The van der Waals surface area contributed by atoms with Gasteiger partial charge in [0.1, 0.15) is 11.6 Å². The molecule has 23 heavy (non-hydrogen) atoms. The number of amides is 2. The van der Waals surface area contributed by atoms with Crippen LogP contribution in [0.4, 0.5) is 8.78 Å². The Bertz CT molecular complexity index is 609. The largest absolute Gasteiger partial charge is 0.338 e. The van der Waals surface area contributed by atoms with Crippen molar-refractivity contribution in [3.8, 4) is 0 Å². The number of piperazine rings is 1. The highest BCUT2D eigenvalue weighted by molar-refractivity contribution is 5.94. The van der Waals surface area contributed by atoms with Crippen LogP contribution >= 0.6 is 0 Å². The van der Waals surface area contributed by atoms with Crippen LogP contribution < -0.4 is 5.32 Å². The Labute approximate surface area is 133 Å². The minimum absolute atomic E-state index is 0.0718. The second-order valence-electron chi connectivity index (χ2n) is 5.89. The molecule has 1 N–H and O–H groups in total. The fourth-order valence-electron chi connectivity index (χ4n) is 3.08. The molecule has 7 heteroatoms. The van der Waals surface area contributed by atoms with E-state index >= 15 is 0 Å². The number of nitrogens with zero attached hydrogens (tertiary/aromatic N) is 2. The van der Waals surface area contributed by atoms with Gasteiger partial charge in [0.2, 0.25) is 5.91 Å². The highest BCUT2D eigenvalue weighted by Gasteiger charge is 2.31. The Morgan fingerprint density at radius 2 is 1.78 bits per heavy atom. The van der Waals surface area contributed by atoms with Gasteiger partial charge < -0.3 is 15.1 Å². The number of carbonyl (C=O) groups is 2. The first-order valence-electron chi connectivity index (χ1n) is 7.83. The van der Waals surface area contributed by atoms with Gasteiger partial charge in [-0.05, 0) is 31.5 Å². The molecule has 2 saturated heterocycles. The topological polar surface area (TPSA) is 52.7 Å².